The fraction of sp³-hybridized carbons (Fsp3) is 0.660. The molecule has 1 fully saturated rings. The lowest BCUT2D eigenvalue weighted by atomic mass is 9.67. The number of allylic oxidation sites excluding steroid dienone is 6. The largest absolute Gasteiger partial charge is 0.506 e. The number of aliphatic hydroxyl groups excluding tert-OH is 1. The maximum atomic E-state index is 15.0. The predicted molar refractivity (Wildman–Crippen MR) is 255 cm³/mol. The van der Waals surface area contributed by atoms with Crippen molar-refractivity contribution in [3.05, 3.63) is 63.6 Å². The summed E-state index contributed by atoms with van der Waals surface area (Å²) in [4.78, 5) is 52.0. The Morgan fingerprint density at radius 3 is 1.85 bits per heavy atom. The van der Waals surface area contributed by atoms with Crippen LogP contribution in [0.4, 0.5) is 11.4 Å². The number of anilines is 2. The summed E-state index contributed by atoms with van der Waals surface area (Å²) in [7, 11) is 0. The summed E-state index contributed by atoms with van der Waals surface area (Å²) in [6.07, 6.45) is 17.9. The molecule has 0 bridgehead atoms. The van der Waals surface area contributed by atoms with Gasteiger partial charge in [0.15, 0.2) is 0 Å². The van der Waals surface area contributed by atoms with Crippen LogP contribution in [-0.4, -0.2) is 56.5 Å². The van der Waals surface area contributed by atoms with E-state index in [9.17, 15) is 19.5 Å². The van der Waals surface area contributed by atoms with Crippen molar-refractivity contribution in [3.8, 4) is 0 Å². The second kappa shape index (κ2) is 18.8. The summed E-state index contributed by atoms with van der Waals surface area (Å²) >= 11 is 0. The van der Waals surface area contributed by atoms with Gasteiger partial charge in [-0.1, -0.05) is 113 Å². The molecule has 0 aromatic heterocycles. The molecule has 2 amide bonds. The van der Waals surface area contributed by atoms with Crippen LogP contribution in [-0.2, 0) is 19.8 Å². The number of hydrogen-bond donors (Lipinski definition) is 2. The lowest BCUT2D eigenvalue weighted by molar-refractivity contribution is -0.118. The Labute approximate surface area is 369 Å². The molecule has 2 aliphatic heterocycles. The first-order valence-corrected chi connectivity index (χ1v) is 24.1. The van der Waals surface area contributed by atoms with E-state index in [4.69, 9.17) is 4.99 Å². The maximum absolute atomic E-state index is 15.0. The van der Waals surface area contributed by atoms with Crippen molar-refractivity contribution in [2.24, 2.45) is 10.4 Å². The molecular formula is C53H80N4O4. The number of aliphatic hydroxyl groups is 1. The third kappa shape index (κ3) is 8.47. The zero-order valence-electron chi connectivity index (χ0n) is 40.6. The molecule has 0 saturated carbocycles. The van der Waals surface area contributed by atoms with Gasteiger partial charge >= 0.3 is 0 Å². The van der Waals surface area contributed by atoms with Crippen LogP contribution in [0.2, 0.25) is 0 Å². The van der Waals surface area contributed by atoms with E-state index in [0.717, 1.165) is 106 Å². The molecule has 1 aromatic rings. The number of aliphatic imine (C=N–C) groups is 1. The molecule has 0 radical (unpaired) electrons. The number of hydrogen-bond acceptors (Lipinski definition) is 6. The second-order valence-electron chi connectivity index (χ2n) is 20.4. The molecule has 1 saturated heterocycles. The zero-order valence-corrected chi connectivity index (χ0v) is 40.6. The maximum Gasteiger partial charge on any atom is 0.246 e. The summed E-state index contributed by atoms with van der Waals surface area (Å²) in [5.74, 6) is -0.738. The number of carbonyl (C=O) groups excluding carboxylic acids is 3. The molecule has 2 unspecified atom stereocenters. The molecule has 4 aliphatic rings. The van der Waals surface area contributed by atoms with E-state index in [1.165, 1.54) is 0 Å². The van der Waals surface area contributed by atoms with E-state index in [1.54, 1.807) is 0 Å². The van der Waals surface area contributed by atoms with Gasteiger partial charge in [0, 0.05) is 69.4 Å². The number of Topliss-reactive ketones (excluding diaryl/α,β-unsaturated/α-hetero) is 1. The number of unbranched alkanes of at least 4 members (excludes halogenated alkanes) is 8. The molecule has 5 rings (SSSR count). The Kier molecular flexibility index (Phi) is 14.8. The van der Waals surface area contributed by atoms with Crippen LogP contribution in [0.1, 0.15) is 204 Å². The predicted octanol–water partition coefficient (Wildman–Crippen LogP) is 13.3. The SMILES string of the molecule is CCCCCCCC(=O)N=C1C=C2C(=C/C1=C1\C(=O)C(c3cc4c(cc3NC(=O)CCCCCCC)N(C(C)C)C(C)(CCC)C4(C)C)=C1O)C(C)(C)C(C)(CC)N2C(C)C. The van der Waals surface area contributed by atoms with Crippen molar-refractivity contribution < 1.29 is 19.5 Å². The molecule has 8 nitrogen and oxygen atoms in total. The molecule has 8 heteroatoms. The van der Waals surface area contributed by atoms with Crippen molar-refractivity contribution in [2.75, 3.05) is 10.2 Å². The monoisotopic (exact) mass is 837 g/mol. The summed E-state index contributed by atoms with van der Waals surface area (Å²) in [6.45, 7) is 31.3. The minimum atomic E-state index is -0.319. The van der Waals surface area contributed by atoms with Crippen LogP contribution in [0.3, 0.4) is 0 Å². The quantitative estimate of drug-likeness (QED) is 0.106. The normalized spacial score (nSPS) is 24.7. The second-order valence-corrected chi connectivity index (χ2v) is 20.4. The smallest absolute Gasteiger partial charge is 0.246 e. The van der Waals surface area contributed by atoms with Crippen molar-refractivity contribution in [1.29, 1.82) is 0 Å². The number of nitrogens with one attached hydrogen (secondary N) is 1. The average molecular weight is 837 g/mol. The highest BCUT2D eigenvalue weighted by Gasteiger charge is 2.57. The van der Waals surface area contributed by atoms with E-state index < -0.39 is 0 Å². The van der Waals surface area contributed by atoms with Crippen molar-refractivity contribution in [1.82, 2.24) is 4.90 Å². The summed E-state index contributed by atoms with van der Waals surface area (Å²) in [5, 5.41) is 15.6. The van der Waals surface area contributed by atoms with Gasteiger partial charge in [-0.05, 0) is 103 Å². The Morgan fingerprint density at radius 2 is 1.31 bits per heavy atom. The molecule has 2 heterocycles. The molecule has 0 spiro atoms. The minimum Gasteiger partial charge on any atom is -0.506 e. The first kappa shape index (κ1) is 48.1. The lowest BCUT2D eigenvalue weighted by Crippen LogP contribution is -2.55. The first-order valence-electron chi connectivity index (χ1n) is 24.1. The summed E-state index contributed by atoms with van der Waals surface area (Å²) < 4.78 is 0. The minimum absolute atomic E-state index is 0.0951. The number of fused-ring (bicyclic) bond motifs is 2. The van der Waals surface area contributed by atoms with Gasteiger partial charge in [0.1, 0.15) is 5.76 Å². The molecule has 2 N–H and O–H groups in total. The van der Waals surface area contributed by atoms with Crippen LogP contribution in [0.25, 0.3) is 5.57 Å². The first-order chi connectivity index (χ1) is 28.7. The van der Waals surface area contributed by atoms with Crippen LogP contribution in [0, 0.1) is 5.41 Å². The van der Waals surface area contributed by atoms with Crippen LogP contribution < -0.4 is 10.2 Å². The van der Waals surface area contributed by atoms with Gasteiger partial charge in [0.25, 0.3) is 0 Å². The van der Waals surface area contributed by atoms with E-state index >= 15 is 0 Å². The number of nitrogens with zero attached hydrogens (tertiary/aromatic N) is 3. The standard InChI is InChI=1S/C53H80N4O4/c1-15-19-21-23-25-27-44(58)54-40-32-42-38(50(9,10)52(13,18-4)56(42)34(5)6)30-36(40)46-48(60)47(49(46)61)37-31-39-43(33-41(37)55-45(59)28-26-24-22-20-16-2)57(35(7)8)53(14,29-17-3)51(39,11)12/h30-35,60H,15-29H2,1-14H3,(H,55,59)/b46-36+,54-40?. The molecule has 1 aromatic carbocycles. The molecular weight excluding hydrogens is 757 g/mol. The summed E-state index contributed by atoms with van der Waals surface area (Å²) in [6, 6.07) is 4.48. The fourth-order valence-corrected chi connectivity index (χ4v) is 11.2. The molecule has 61 heavy (non-hydrogen) atoms. The highest BCUT2D eigenvalue weighted by atomic mass is 16.3. The lowest BCUT2D eigenvalue weighted by Gasteiger charge is -2.47. The van der Waals surface area contributed by atoms with Gasteiger partial charge in [0.05, 0.1) is 22.5 Å². The highest BCUT2D eigenvalue weighted by molar-refractivity contribution is 6.42. The third-order valence-corrected chi connectivity index (χ3v) is 15.3. The van der Waals surface area contributed by atoms with Crippen molar-refractivity contribution in [2.45, 2.75) is 222 Å². The van der Waals surface area contributed by atoms with Gasteiger partial charge in [-0.3, -0.25) is 14.4 Å². The summed E-state index contributed by atoms with van der Waals surface area (Å²) in [5.41, 5.74) is 5.51. The van der Waals surface area contributed by atoms with Crippen molar-refractivity contribution in [3.63, 3.8) is 0 Å². The number of rotatable bonds is 19. The fourth-order valence-electron chi connectivity index (χ4n) is 11.2. The Balaban J connectivity index is 1.71. The van der Waals surface area contributed by atoms with Gasteiger partial charge < -0.3 is 20.2 Å². The number of benzene rings is 1. The third-order valence-electron chi connectivity index (χ3n) is 15.3. The van der Waals surface area contributed by atoms with E-state index in [-0.39, 0.29) is 68.5 Å². The van der Waals surface area contributed by atoms with Crippen LogP contribution >= 0.6 is 0 Å². The number of amides is 2. The Hall–Kier alpha value is -3.94. The average Bonchev–Trinajstić information content (AvgIpc) is 3.46. The Morgan fingerprint density at radius 1 is 0.721 bits per heavy atom. The van der Waals surface area contributed by atoms with E-state index in [0.29, 0.717) is 35.4 Å². The number of carbonyl (C=O) groups is 3. The van der Waals surface area contributed by atoms with Gasteiger partial charge in [-0.25, -0.2) is 4.99 Å². The van der Waals surface area contributed by atoms with E-state index in [1.807, 2.05) is 12.2 Å². The molecule has 2 aliphatic carbocycles. The van der Waals surface area contributed by atoms with Gasteiger partial charge in [0.2, 0.25) is 17.6 Å². The van der Waals surface area contributed by atoms with E-state index in [2.05, 4.69) is 124 Å². The molecule has 2 atom stereocenters. The zero-order chi connectivity index (χ0) is 45.2. The van der Waals surface area contributed by atoms with Crippen LogP contribution in [0.5, 0.6) is 0 Å². The Bertz CT molecular complexity index is 2030. The number of ketones is 1. The molecule has 336 valence electrons. The highest BCUT2D eigenvalue weighted by Crippen LogP contribution is 2.59. The van der Waals surface area contributed by atoms with Gasteiger partial charge in [-0.15, -0.1) is 0 Å². The van der Waals surface area contributed by atoms with Gasteiger partial charge in [-0.2, -0.15) is 0 Å². The van der Waals surface area contributed by atoms with Crippen LogP contribution in [0.15, 0.2) is 57.5 Å². The topological polar surface area (TPSA) is 102 Å². The van der Waals surface area contributed by atoms with Crippen molar-refractivity contribution >= 4 is 40.3 Å². The number of likely N-dealkylation sites (tertiary alicyclic amines) is 1.